The Kier molecular flexibility index (Phi) is 3.77. The van der Waals surface area contributed by atoms with Crippen LogP contribution in [0.4, 0.5) is 5.69 Å². The third-order valence-electron chi connectivity index (χ3n) is 3.91. The quantitative estimate of drug-likeness (QED) is 0.815. The predicted octanol–water partition coefficient (Wildman–Crippen LogP) is 2.96. The first-order chi connectivity index (χ1) is 10.5. The van der Waals surface area contributed by atoms with Crippen LogP contribution < -0.4 is 15.8 Å². The van der Waals surface area contributed by atoms with E-state index in [1.807, 2.05) is 33.2 Å². The Morgan fingerprint density at radius 2 is 1.77 bits per heavy atom. The van der Waals surface area contributed by atoms with E-state index in [9.17, 15) is 5.11 Å². The van der Waals surface area contributed by atoms with Gasteiger partial charge in [-0.05, 0) is 42.8 Å². The first-order valence-electron chi connectivity index (χ1n) is 7.35. The number of phenolic OH excluding ortho intramolecular Hbond substituents is 1. The molecular formula is C18H21N3O. The van der Waals surface area contributed by atoms with Crippen LogP contribution in [0.25, 0.3) is 5.70 Å². The Labute approximate surface area is 131 Å². The molecule has 3 rings (SSSR count). The maximum atomic E-state index is 10.0. The number of hydrogen-bond donors (Lipinski definition) is 3. The van der Waals surface area contributed by atoms with Crippen LogP contribution in [-0.2, 0) is 0 Å². The zero-order valence-corrected chi connectivity index (χ0v) is 13.1. The third-order valence-corrected chi connectivity index (χ3v) is 3.91. The Morgan fingerprint density at radius 3 is 2.45 bits per heavy atom. The minimum Gasteiger partial charge on any atom is -0.507 e. The Bertz CT molecular complexity index is 705. The van der Waals surface area contributed by atoms with Gasteiger partial charge < -0.3 is 15.4 Å². The van der Waals surface area contributed by atoms with Crippen molar-refractivity contribution in [2.75, 3.05) is 19.0 Å². The zero-order chi connectivity index (χ0) is 15.7. The van der Waals surface area contributed by atoms with Gasteiger partial charge in [0.05, 0.1) is 11.7 Å². The lowest BCUT2D eigenvalue weighted by Gasteiger charge is -2.14. The average molecular weight is 295 g/mol. The van der Waals surface area contributed by atoms with Crippen molar-refractivity contribution < 1.29 is 5.11 Å². The molecule has 1 atom stereocenters. The number of anilines is 1. The molecule has 0 aliphatic carbocycles. The normalized spacial score (nSPS) is 17.0. The summed E-state index contributed by atoms with van der Waals surface area (Å²) in [5.74, 6) is 0.287. The summed E-state index contributed by atoms with van der Waals surface area (Å²) in [5, 5.41) is 10.0. The monoisotopic (exact) mass is 295 g/mol. The van der Waals surface area contributed by atoms with E-state index in [2.05, 4.69) is 46.1 Å². The smallest absolute Gasteiger partial charge is 0.124 e. The second-order valence-corrected chi connectivity index (χ2v) is 5.83. The van der Waals surface area contributed by atoms with E-state index in [1.165, 1.54) is 11.3 Å². The minimum absolute atomic E-state index is 0.0890. The highest BCUT2D eigenvalue weighted by Crippen LogP contribution is 2.30. The molecule has 114 valence electrons. The average Bonchev–Trinajstić information content (AvgIpc) is 2.99. The molecule has 0 bridgehead atoms. The van der Waals surface area contributed by atoms with Crippen molar-refractivity contribution >= 4 is 11.4 Å². The molecule has 2 aromatic rings. The lowest BCUT2D eigenvalue weighted by molar-refractivity contribution is 0.472. The van der Waals surface area contributed by atoms with E-state index in [0.717, 1.165) is 16.8 Å². The van der Waals surface area contributed by atoms with E-state index in [4.69, 9.17) is 0 Å². The van der Waals surface area contributed by atoms with Gasteiger partial charge in [-0.25, -0.2) is 5.43 Å². The lowest BCUT2D eigenvalue weighted by Crippen LogP contribution is -2.26. The molecule has 0 saturated carbocycles. The number of aromatic hydroxyl groups is 1. The second-order valence-electron chi connectivity index (χ2n) is 5.83. The van der Waals surface area contributed by atoms with Gasteiger partial charge in [-0.3, -0.25) is 0 Å². The molecule has 1 heterocycles. The van der Waals surface area contributed by atoms with Crippen LogP contribution in [0.3, 0.4) is 0 Å². The number of benzene rings is 2. The summed E-state index contributed by atoms with van der Waals surface area (Å²) < 4.78 is 0. The van der Waals surface area contributed by atoms with Gasteiger partial charge in [0.1, 0.15) is 5.75 Å². The molecule has 22 heavy (non-hydrogen) atoms. The largest absolute Gasteiger partial charge is 0.507 e. The highest BCUT2D eigenvalue weighted by Gasteiger charge is 2.19. The van der Waals surface area contributed by atoms with Crippen LogP contribution >= 0.6 is 0 Å². The van der Waals surface area contributed by atoms with Crippen LogP contribution in [0.1, 0.15) is 22.7 Å². The molecule has 0 amide bonds. The number of nitrogens with zero attached hydrogens (tertiary/aromatic N) is 1. The highest BCUT2D eigenvalue weighted by atomic mass is 16.3. The molecule has 0 spiro atoms. The topological polar surface area (TPSA) is 47.5 Å². The molecule has 4 heteroatoms. The van der Waals surface area contributed by atoms with Gasteiger partial charge in [0.25, 0.3) is 0 Å². The molecule has 1 aliphatic rings. The van der Waals surface area contributed by atoms with Gasteiger partial charge in [-0.1, -0.05) is 23.8 Å². The Balaban J connectivity index is 1.86. The SMILES string of the molecule is Cc1ccc(O)c(C2=C[C@H](c3ccc(N(C)C)cc3)NN2)c1. The van der Waals surface area contributed by atoms with E-state index < -0.39 is 0 Å². The Morgan fingerprint density at radius 1 is 1.05 bits per heavy atom. The molecule has 0 unspecified atom stereocenters. The maximum Gasteiger partial charge on any atom is 0.124 e. The van der Waals surface area contributed by atoms with Gasteiger partial charge in [0.2, 0.25) is 0 Å². The number of phenols is 1. The fourth-order valence-corrected chi connectivity index (χ4v) is 2.59. The standard InChI is InChI=1S/C18H21N3O/c1-12-4-9-18(22)15(10-12)17-11-16(19-20-17)13-5-7-14(8-6-13)21(2)3/h4-11,16,19-20,22H,1-3H3/t16-/m1/s1. The fraction of sp³-hybridized carbons (Fsp3) is 0.222. The number of hydrogen-bond acceptors (Lipinski definition) is 4. The number of aryl methyl sites for hydroxylation is 1. The first-order valence-corrected chi connectivity index (χ1v) is 7.35. The molecule has 0 fully saturated rings. The van der Waals surface area contributed by atoms with Crippen molar-refractivity contribution in [3.8, 4) is 5.75 Å². The van der Waals surface area contributed by atoms with Gasteiger partial charge in [-0.15, -0.1) is 0 Å². The fourth-order valence-electron chi connectivity index (χ4n) is 2.59. The van der Waals surface area contributed by atoms with Crippen LogP contribution in [0.2, 0.25) is 0 Å². The summed E-state index contributed by atoms with van der Waals surface area (Å²) in [4.78, 5) is 2.08. The van der Waals surface area contributed by atoms with Crippen molar-refractivity contribution in [3.05, 3.63) is 65.2 Å². The predicted molar refractivity (Wildman–Crippen MR) is 90.6 cm³/mol. The van der Waals surface area contributed by atoms with Crippen LogP contribution in [-0.4, -0.2) is 19.2 Å². The highest BCUT2D eigenvalue weighted by molar-refractivity contribution is 5.71. The van der Waals surface area contributed by atoms with E-state index >= 15 is 0 Å². The minimum atomic E-state index is 0.0890. The summed E-state index contributed by atoms with van der Waals surface area (Å²) in [5.41, 5.74) is 11.6. The molecule has 3 N–H and O–H groups in total. The lowest BCUT2D eigenvalue weighted by atomic mass is 10.0. The van der Waals surface area contributed by atoms with E-state index in [-0.39, 0.29) is 11.8 Å². The van der Waals surface area contributed by atoms with E-state index in [1.54, 1.807) is 6.07 Å². The van der Waals surface area contributed by atoms with E-state index in [0.29, 0.717) is 0 Å². The molecule has 1 aliphatic heterocycles. The van der Waals surface area contributed by atoms with Crippen molar-refractivity contribution in [1.82, 2.24) is 10.9 Å². The second kappa shape index (κ2) is 5.73. The van der Waals surface area contributed by atoms with Gasteiger partial charge in [-0.2, -0.15) is 0 Å². The van der Waals surface area contributed by atoms with Gasteiger partial charge in [0, 0.05) is 25.3 Å². The summed E-state index contributed by atoms with van der Waals surface area (Å²) in [6.07, 6.45) is 2.10. The molecule has 4 nitrogen and oxygen atoms in total. The Hall–Kier alpha value is -2.46. The number of rotatable bonds is 3. The van der Waals surface area contributed by atoms with Crippen molar-refractivity contribution in [1.29, 1.82) is 0 Å². The number of hydrazine groups is 1. The molecular weight excluding hydrogens is 274 g/mol. The van der Waals surface area contributed by atoms with Crippen molar-refractivity contribution in [3.63, 3.8) is 0 Å². The molecule has 0 aromatic heterocycles. The van der Waals surface area contributed by atoms with Crippen LogP contribution in [0.5, 0.6) is 5.75 Å². The summed E-state index contributed by atoms with van der Waals surface area (Å²) in [6.45, 7) is 2.02. The maximum absolute atomic E-state index is 10.0. The van der Waals surface area contributed by atoms with Gasteiger partial charge in [0.15, 0.2) is 0 Å². The molecule has 0 radical (unpaired) electrons. The third kappa shape index (κ3) is 2.78. The number of nitrogens with one attached hydrogen (secondary N) is 2. The van der Waals surface area contributed by atoms with Crippen molar-refractivity contribution in [2.24, 2.45) is 0 Å². The summed E-state index contributed by atoms with van der Waals surface area (Å²) in [7, 11) is 4.06. The van der Waals surface area contributed by atoms with Crippen LogP contribution in [0, 0.1) is 6.92 Å². The molecule has 2 aromatic carbocycles. The van der Waals surface area contributed by atoms with Crippen molar-refractivity contribution in [2.45, 2.75) is 13.0 Å². The van der Waals surface area contributed by atoms with Crippen LogP contribution in [0.15, 0.2) is 48.5 Å². The zero-order valence-electron chi connectivity index (χ0n) is 13.1. The summed E-state index contributed by atoms with van der Waals surface area (Å²) in [6, 6.07) is 14.1. The molecule has 0 saturated heterocycles. The first kappa shape index (κ1) is 14.5. The summed E-state index contributed by atoms with van der Waals surface area (Å²) >= 11 is 0. The van der Waals surface area contributed by atoms with Gasteiger partial charge >= 0.3 is 0 Å².